The number of thiocarbonyl (C=S) groups is 1. The fourth-order valence-corrected chi connectivity index (χ4v) is 3.17. The molecule has 0 amide bonds. The van der Waals surface area contributed by atoms with Crippen LogP contribution >= 0.6 is 35.2 Å². The molecule has 1 aromatic heterocycles. The van der Waals surface area contributed by atoms with Crippen molar-refractivity contribution in [1.82, 2.24) is 4.98 Å². The molecule has 1 unspecified atom stereocenters. The number of thiazole rings is 1. The van der Waals surface area contributed by atoms with Crippen LogP contribution in [0, 0.1) is 0 Å². The van der Waals surface area contributed by atoms with Crippen molar-refractivity contribution in [2.75, 3.05) is 5.73 Å². The van der Waals surface area contributed by atoms with E-state index in [0.717, 1.165) is 24.4 Å². The quantitative estimate of drug-likeness (QED) is 0.492. The molecule has 112 valence electrons. The predicted molar refractivity (Wildman–Crippen MR) is 88.0 cm³/mol. The number of halogens is 1. The van der Waals surface area contributed by atoms with Gasteiger partial charge in [0, 0.05) is 11.3 Å². The van der Waals surface area contributed by atoms with E-state index in [1.54, 1.807) is 11.3 Å². The van der Waals surface area contributed by atoms with E-state index in [4.69, 9.17) is 17.3 Å². The first kappa shape index (κ1) is 17.1. The van der Waals surface area contributed by atoms with E-state index >= 15 is 0 Å². The lowest BCUT2D eigenvalue weighted by Gasteiger charge is -1.88. The molecule has 1 saturated carbocycles. The second kappa shape index (κ2) is 8.39. The SMILES string of the molecule is NC(N)=S.Nc1nc2c(s1)CCC2.O=C1CCCC1Cl. The summed E-state index contributed by atoms with van der Waals surface area (Å²) in [7, 11) is 0. The Morgan fingerprint density at radius 1 is 1.30 bits per heavy atom. The largest absolute Gasteiger partial charge is 0.377 e. The Kier molecular flexibility index (Phi) is 7.18. The highest BCUT2D eigenvalue weighted by molar-refractivity contribution is 7.80. The summed E-state index contributed by atoms with van der Waals surface area (Å²) in [6.07, 6.45) is 6.20. The Labute approximate surface area is 132 Å². The normalized spacial score (nSPS) is 19.4. The second-order valence-electron chi connectivity index (χ2n) is 4.50. The summed E-state index contributed by atoms with van der Waals surface area (Å²) in [6.45, 7) is 0. The Balaban J connectivity index is 0.000000164. The van der Waals surface area contributed by atoms with Crippen molar-refractivity contribution >= 4 is 51.2 Å². The maximum absolute atomic E-state index is 10.4. The maximum Gasteiger partial charge on any atom is 0.180 e. The van der Waals surface area contributed by atoms with Crippen molar-refractivity contribution in [2.45, 2.75) is 43.9 Å². The number of nitrogens with zero attached hydrogens (tertiary/aromatic N) is 1. The molecule has 20 heavy (non-hydrogen) atoms. The minimum absolute atomic E-state index is 0.000000000000000222. The highest BCUT2D eigenvalue weighted by Crippen LogP contribution is 2.28. The van der Waals surface area contributed by atoms with E-state index < -0.39 is 0 Å². The first-order valence-corrected chi connectivity index (χ1v) is 8.02. The molecular formula is C12H19ClN4OS2. The minimum Gasteiger partial charge on any atom is -0.377 e. The van der Waals surface area contributed by atoms with Crippen molar-refractivity contribution in [3.05, 3.63) is 10.6 Å². The van der Waals surface area contributed by atoms with Gasteiger partial charge >= 0.3 is 0 Å². The van der Waals surface area contributed by atoms with Gasteiger partial charge in [-0.3, -0.25) is 4.79 Å². The zero-order chi connectivity index (χ0) is 15.1. The fourth-order valence-electron chi connectivity index (χ4n) is 1.98. The zero-order valence-corrected chi connectivity index (χ0v) is 13.5. The molecule has 5 nitrogen and oxygen atoms in total. The van der Waals surface area contributed by atoms with Crippen LogP contribution < -0.4 is 17.2 Å². The molecular weight excluding hydrogens is 316 g/mol. The monoisotopic (exact) mass is 334 g/mol. The molecule has 3 rings (SSSR count). The smallest absolute Gasteiger partial charge is 0.180 e. The summed E-state index contributed by atoms with van der Waals surface area (Å²) in [6, 6.07) is 0. The van der Waals surface area contributed by atoms with Crippen molar-refractivity contribution in [3.63, 3.8) is 0 Å². The van der Waals surface area contributed by atoms with Gasteiger partial charge in [-0.2, -0.15) is 0 Å². The lowest BCUT2D eigenvalue weighted by molar-refractivity contribution is -0.117. The van der Waals surface area contributed by atoms with Crippen LogP contribution in [0.3, 0.4) is 0 Å². The third-order valence-corrected chi connectivity index (χ3v) is 4.29. The Bertz CT molecular complexity index is 453. The van der Waals surface area contributed by atoms with Gasteiger partial charge in [-0.05, 0) is 44.3 Å². The lowest BCUT2D eigenvalue weighted by Crippen LogP contribution is -2.18. The van der Waals surface area contributed by atoms with Crippen molar-refractivity contribution in [3.8, 4) is 0 Å². The number of rotatable bonds is 0. The number of ketones is 1. The van der Waals surface area contributed by atoms with Gasteiger partial charge in [0.1, 0.15) is 0 Å². The molecule has 1 aromatic rings. The summed E-state index contributed by atoms with van der Waals surface area (Å²) in [5.74, 6) is 0.224. The molecule has 0 aliphatic heterocycles. The van der Waals surface area contributed by atoms with E-state index in [-0.39, 0.29) is 16.3 Å². The minimum atomic E-state index is -0.153. The summed E-state index contributed by atoms with van der Waals surface area (Å²) in [4.78, 5) is 16.0. The molecule has 0 spiro atoms. The molecule has 2 aliphatic carbocycles. The van der Waals surface area contributed by atoms with Gasteiger partial charge in [-0.1, -0.05) is 0 Å². The average Bonchev–Trinajstić information content (AvgIpc) is 2.97. The van der Waals surface area contributed by atoms with Crippen LogP contribution in [0.5, 0.6) is 0 Å². The van der Waals surface area contributed by atoms with E-state index in [0.29, 0.717) is 6.42 Å². The van der Waals surface area contributed by atoms with Gasteiger partial charge in [0.05, 0.1) is 11.1 Å². The highest BCUT2D eigenvalue weighted by Gasteiger charge is 2.20. The van der Waals surface area contributed by atoms with Gasteiger partial charge in [0.25, 0.3) is 0 Å². The number of aromatic nitrogens is 1. The number of fused-ring (bicyclic) bond motifs is 1. The van der Waals surface area contributed by atoms with E-state index in [9.17, 15) is 4.79 Å². The highest BCUT2D eigenvalue weighted by atomic mass is 35.5. The first-order valence-electron chi connectivity index (χ1n) is 6.36. The molecule has 0 aromatic carbocycles. The molecule has 1 heterocycles. The number of carbonyl (C=O) groups excluding carboxylic acids is 1. The van der Waals surface area contributed by atoms with Crippen molar-refractivity contribution in [2.24, 2.45) is 11.5 Å². The Hall–Kier alpha value is -0.920. The number of nitrogens with two attached hydrogens (primary N) is 3. The summed E-state index contributed by atoms with van der Waals surface area (Å²) in [5.41, 5.74) is 16.0. The van der Waals surface area contributed by atoms with Crippen LogP contribution in [0.4, 0.5) is 5.13 Å². The molecule has 6 N–H and O–H groups in total. The maximum atomic E-state index is 10.4. The second-order valence-corrected chi connectivity index (χ2v) is 6.62. The standard InChI is InChI=1S/C6H8N2S.C5H7ClO.CH4N2S/c7-6-8-4-2-1-3-5(4)9-6;6-4-2-1-3-5(4)7;2-1(3)4/h1-3H2,(H2,7,8);4H,1-3H2;(H4,2,3,4). The summed E-state index contributed by atoms with van der Waals surface area (Å²) >= 11 is 11.2. The fraction of sp³-hybridized carbons (Fsp3) is 0.583. The molecule has 0 bridgehead atoms. The number of aryl methyl sites for hydroxylation is 2. The molecule has 0 saturated heterocycles. The van der Waals surface area contributed by atoms with E-state index in [2.05, 4.69) is 28.7 Å². The van der Waals surface area contributed by atoms with Crippen LogP contribution in [0.15, 0.2) is 0 Å². The Morgan fingerprint density at radius 2 is 1.95 bits per heavy atom. The van der Waals surface area contributed by atoms with E-state index in [1.165, 1.54) is 23.4 Å². The first-order chi connectivity index (χ1) is 9.40. The van der Waals surface area contributed by atoms with E-state index in [1.807, 2.05) is 0 Å². The topological polar surface area (TPSA) is 108 Å². The molecule has 8 heteroatoms. The van der Waals surface area contributed by atoms with Gasteiger partial charge in [0.2, 0.25) is 0 Å². The van der Waals surface area contributed by atoms with Crippen LogP contribution in [0.25, 0.3) is 0 Å². The summed E-state index contributed by atoms with van der Waals surface area (Å²) in [5, 5.41) is 0.583. The molecule has 1 atom stereocenters. The number of hydrogen-bond acceptors (Lipinski definition) is 5. The van der Waals surface area contributed by atoms with Crippen molar-refractivity contribution in [1.29, 1.82) is 0 Å². The summed E-state index contributed by atoms with van der Waals surface area (Å²) < 4.78 is 0. The number of carbonyl (C=O) groups is 1. The third-order valence-electron chi connectivity index (χ3n) is 2.84. The van der Waals surface area contributed by atoms with Crippen LogP contribution in [0.2, 0.25) is 0 Å². The van der Waals surface area contributed by atoms with Crippen LogP contribution in [-0.2, 0) is 17.6 Å². The molecule has 1 fully saturated rings. The van der Waals surface area contributed by atoms with Crippen LogP contribution in [0.1, 0.15) is 36.3 Å². The number of anilines is 1. The van der Waals surface area contributed by atoms with Gasteiger partial charge < -0.3 is 17.2 Å². The zero-order valence-electron chi connectivity index (χ0n) is 11.1. The predicted octanol–water partition coefficient (Wildman–Crippen LogP) is 1.75. The number of alkyl halides is 1. The Morgan fingerprint density at radius 3 is 2.35 bits per heavy atom. The average molecular weight is 335 g/mol. The van der Waals surface area contributed by atoms with Gasteiger partial charge in [-0.15, -0.1) is 22.9 Å². The van der Waals surface area contributed by atoms with Crippen LogP contribution in [-0.4, -0.2) is 21.3 Å². The molecule has 0 radical (unpaired) electrons. The third kappa shape index (κ3) is 6.02. The number of Topliss-reactive ketones (excluding diaryl/α,β-unsaturated/α-hetero) is 1. The van der Waals surface area contributed by atoms with Gasteiger partial charge in [0.15, 0.2) is 16.0 Å². The van der Waals surface area contributed by atoms with Gasteiger partial charge in [-0.25, -0.2) is 4.98 Å². The number of nitrogen functional groups attached to an aromatic ring is 1. The number of hydrogen-bond donors (Lipinski definition) is 3. The lowest BCUT2D eigenvalue weighted by atomic mass is 10.3. The van der Waals surface area contributed by atoms with Crippen molar-refractivity contribution < 1.29 is 4.79 Å². The molecule has 2 aliphatic rings.